The van der Waals surface area contributed by atoms with Crippen LogP contribution in [0.15, 0.2) is 71.3 Å². The number of benzene rings is 2. The highest BCUT2D eigenvalue weighted by molar-refractivity contribution is 5.89. The summed E-state index contributed by atoms with van der Waals surface area (Å²) in [5.74, 6) is 1.49. The molecule has 1 aliphatic carbocycles. The molecule has 3 saturated heterocycles. The summed E-state index contributed by atoms with van der Waals surface area (Å²) in [6, 6.07) is 19.2. The molecule has 1 saturated carbocycles. The van der Waals surface area contributed by atoms with Gasteiger partial charge in [0.15, 0.2) is 17.5 Å². The van der Waals surface area contributed by atoms with Crippen LogP contribution in [0.1, 0.15) is 72.5 Å². The Morgan fingerprint density at radius 2 is 1.65 bits per heavy atom. The maximum atomic E-state index is 12.8. The third kappa shape index (κ3) is 4.73. The van der Waals surface area contributed by atoms with Gasteiger partial charge < -0.3 is 18.7 Å². The molecule has 4 fully saturated rings. The van der Waals surface area contributed by atoms with Crippen molar-refractivity contribution in [1.29, 1.82) is 0 Å². The minimum absolute atomic E-state index is 0.0823. The molecular formula is C31H37N2O4+. The monoisotopic (exact) mass is 501 g/mol. The Balaban J connectivity index is 1.21. The van der Waals surface area contributed by atoms with Gasteiger partial charge >= 0.3 is 5.97 Å². The van der Waals surface area contributed by atoms with Crippen molar-refractivity contribution in [3.8, 4) is 0 Å². The number of rotatable bonds is 7. The van der Waals surface area contributed by atoms with Crippen molar-refractivity contribution in [2.75, 3.05) is 19.6 Å². The number of aromatic nitrogens is 1. The standard InChI is InChI=1S/C31H37N2O4/c34-29(24-10-4-1-5-11-24)37-28-22-33(18-16-23(28)17-19-33)21-27-20-32-30(36-27)31(35,25-12-6-2-7-13-25)26-14-8-3-9-15-26/h1-2,4-7,10-13,20,23,26,28,35H,3,8-9,14-19,21-22H2/q+1/t23?,28-,31-,33?/m0/s1. The van der Waals surface area contributed by atoms with Gasteiger partial charge in [-0.15, -0.1) is 0 Å². The Kier molecular flexibility index (Phi) is 6.63. The number of hydrogen-bond donors (Lipinski definition) is 1. The van der Waals surface area contributed by atoms with Crippen molar-refractivity contribution in [2.24, 2.45) is 11.8 Å². The van der Waals surface area contributed by atoms with E-state index < -0.39 is 5.60 Å². The molecule has 4 heterocycles. The second-order valence-corrected chi connectivity index (χ2v) is 11.4. The number of piperidine rings is 3. The first-order valence-corrected chi connectivity index (χ1v) is 13.9. The van der Waals surface area contributed by atoms with Gasteiger partial charge in [-0.3, -0.25) is 0 Å². The van der Waals surface area contributed by atoms with Crippen molar-refractivity contribution < 1.29 is 23.5 Å². The van der Waals surface area contributed by atoms with Crippen molar-refractivity contribution >= 4 is 5.97 Å². The molecule has 0 radical (unpaired) electrons. The van der Waals surface area contributed by atoms with E-state index in [-0.39, 0.29) is 18.0 Å². The number of carbonyl (C=O) groups is 1. The molecule has 37 heavy (non-hydrogen) atoms. The van der Waals surface area contributed by atoms with E-state index in [4.69, 9.17) is 9.15 Å². The Labute approximate surface area is 218 Å². The molecule has 1 aromatic heterocycles. The lowest BCUT2D eigenvalue weighted by atomic mass is 9.73. The van der Waals surface area contributed by atoms with Gasteiger partial charge in [-0.2, -0.15) is 0 Å². The van der Waals surface area contributed by atoms with E-state index in [2.05, 4.69) is 4.98 Å². The molecule has 0 amide bonds. The van der Waals surface area contributed by atoms with Crippen LogP contribution >= 0.6 is 0 Å². The van der Waals surface area contributed by atoms with Crippen molar-refractivity contribution in [2.45, 2.75) is 63.2 Å². The highest BCUT2D eigenvalue weighted by Crippen LogP contribution is 2.44. The number of fused-ring (bicyclic) bond motifs is 3. The normalized spacial score (nSPS) is 27.5. The topological polar surface area (TPSA) is 72.6 Å². The zero-order chi connectivity index (χ0) is 25.3. The zero-order valence-corrected chi connectivity index (χ0v) is 21.4. The fourth-order valence-corrected chi connectivity index (χ4v) is 6.99. The van der Waals surface area contributed by atoms with Crippen LogP contribution in [0.2, 0.25) is 0 Å². The number of quaternary nitrogens is 1. The van der Waals surface area contributed by atoms with Gasteiger partial charge in [0.05, 0.1) is 24.8 Å². The largest absolute Gasteiger partial charge is 0.452 e. The maximum Gasteiger partial charge on any atom is 0.338 e. The number of carbonyl (C=O) groups excluding carboxylic acids is 1. The molecule has 2 aromatic carbocycles. The summed E-state index contributed by atoms with van der Waals surface area (Å²) < 4.78 is 13.3. The fraction of sp³-hybridized carbons (Fsp3) is 0.484. The van der Waals surface area contributed by atoms with Crippen LogP contribution in [0.25, 0.3) is 0 Å². The van der Waals surface area contributed by atoms with Gasteiger partial charge in [-0.05, 0) is 30.5 Å². The van der Waals surface area contributed by atoms with Crippen LogP contribution in [0.4, 0.5) is 0 Å². The lowest BCUT2D eigenvalue weighted by Gasteiger charge is -2.51. The third-order valence-electron chi connectivity index (χ3n) is 9.09. The fourth-order valence-electron chi connectivity index (χ4n) is 6.99. The molecule has 6 nitrogen and oxygen atoms in total. The van der Waals surface area contributed by atoms with Crippen LogP contribution in [-0.2, 0) is 16.9 Å². The molecule has 194 valence electrons. The van der Waals surface area contributed by atoms with Crippen LogP contribution in [0.3, 0.4) is 0 Å². The first-order chi connectivity index (χ1) is 18.1. The average Bonchev–Trinajstić information content (AvgIpc) is 3.43. The molecular weight excluding hydrogens is 464 g/mol. The van der Waals surface area contributed by atoms with Gasteiger partial charge in [-0.1, -0.05) is 67.8 Å². The molecule has 6 heteroatoms. The smallest absolute Gasteiger partial charge is 0.338 e. The number of esters is 1. The van der Waals surface area contributed by atoms with Crippen LogP contribution in [-0.4, -0.2) is 46.3 Å². The highest BCUT2D eigenvalue weighted by Gasteiger charge is 2.49. The SMILES string of the molecule is O=C(O[C@H]1C[N+]2(Cc3cnc([C@](O)(c4ccccc4)C4CCCCC4)o3)CCC1CC2)c1ccccc1. The predicted molar refractivity (Wildman–Crippen MR) is 139 cm³/mol. The Bertz CT molecular complexity index is 1200. The minimum atomic E-state index is -1.22. The van der Waals surface area contributed by atoms with E-state index in [9.17, 15) is 9.90 Å². The first-order valence-electron chi connectivity index (χ1n) is 13.9. The maximum absolute atomic E-state index is 12.8. The van der Waals surface area contributed by atoms with E-state index in [1.54, 1.807) is 0 Å². The lowest BCUT2D eigenvalue weighted by molar-refractivity contribution is -0.959. The lowest BCUT2D eigenvalue weighted by Crippen LogP contribution is -2.63. The average molecular weight is 502 g/mol. The van der Waals surface area contributed by atoms with Gasteiger partial charge in [0, 0.05) is 24.7 Å². The molecule has 2 atom stereocenters. The van der Waals surface area contributed by atoms with E-state index in [0.717, 1.165) is 74.0 Å². The molecule has 7 rings (SSSR count). The molecule has 3 aliphatic heterocycles. The van der Waals surface area contributed by atoms with E-state index in [1.165, 1.54) is 6.42 Å². The quantitative estimate of drug-likeness (QED) is 0.344. The summed E-state index contributed by atoms with van der Waals surface area (Å²) >= 11 is 0. The van der Waals surface area contributed by atoms with Crippen molar-refractivity contribution in [1.82, 2.24) is 4.98 Å². The Morgan fingerprint density at radius 3 is 2.35 bits per heavy atom. The van der Waals surface area contributed by atoms with Gasteiger partial charge in [0.2, 0.25) is 5.89 Å². The van der Waals surface area contributed by atoms with Gasteiger partial charge in [-0.25, -0.2) is 9.78 Å². The predicted octanol–water partition coefficient (Wildman–Crippen LogP) is 5.46. The van der Waals surface area contributed by atoms with E-state index in [1.807, 2.05) is 66.9 Å². The second-order valence-electron chi connectivity index (χ2n) is 11.4. The van der Waals surface area contributed by atoms with Crippen LogP contribution < -0.4 is 0 Å². The summed E-state index contributed by atoms with van der Waals surface area (Å²) in [4.78, 5) is 17.4. The number of oxazole rings is 1. The minimum Gasteiger partial charge on any atom is -0.452 e. The summed E-state index contributed by atoms with van der Waals surface area (Å²) in [6.45, 7) is 3.59. The highest BCUT2D eigenvalue weighted by atomic mass is 16.5. The van der Waals surface area contributed by atoms with Crippen LogP contribution in [0, 0.1) is 11.8 Å². The summed E-state index contributed by atoms with van der Waals surface area (Å²) in [7, 11) is 0. The summed E-state index contributed by atoms with van der Waals surface area (Å²) in [5.41, 5.74) is 0.241. The van der Waals surface area contributed by atoms with Gasteiger partial charge in [0.1, 0.15) is 13.1 Å². The number of ether oxygens (including phenoxy) is 1. The Morgan fingerprint density at radius 1 is 0.973 bits per heavy atom. The van der Waals surface area contributed by atoms with Crippen molar-refractivity contribution in [3.63, 3.8) is 0 Å². The molecule has 3 aromatic rings. The van der Waals surface area contributed by atoms with Gasteiger partial charge in [0.25, 0.3) is 0 Å². The second kappa shape index (κ2) is 10.1. The number of nitrogens with zero attached hydrogens (tertiary/aromatic N) is 2. The molecule has 0 unspecified atom stereocenters. The zero-order valence-electron chi connectivity index (χ0n) is 21.4. The third-order valence-corrected chi connectivity index (χ3v) is 9.09. The number of hydrogen-bond acceptors (Lipinski definition) is 5. The molecule has 1 N–H and O–H groups in total. The van der Waals surface area contributed by atoms with Crippen molar-refractivity contribution in [3.05, 3.63) is 89.6 Å². The summed E-state index contributed by atoms with van der Waals surface area (Å²) in [6.07, 6.45) is 9.22. The molecule has 4 aliphatic rings. The molecule has 0 spiro atoms. The van der Waals surface area contributed by atoms with E-state index in [0.29, 0.717) is 23.9 Å². The molecule has 2 bridgehead atoms. The Hall–Kier alpha value is -2.96. The number of aliphatic hydroxyl groups is 1. The van der Waals surface area contributed by atoms with E-state index >= 15 is 0 Å². The van der Waals surface area contributed by atoms with Crippen LogP contribution in [0.5, 0.6) is 0 Å². The summed E-state index contributed by atoms with van der Waals surface area (Å²) in [5, 5.41) is 12.2. The first kappa shape index (κ1) is 24.4.